The maximum atomic E-state index is 13.1. The van der Waals surface area contributed by atoms with Gasteiger partial charge in [0.25, 0.3) is 5.91 Å². The molecule has 0 radical (unpaired) electrons. The van der Waals surface area contributed by atoms with Crippen LogP contribution in [0.15, 0.2) is 41.8 Å². The van der Waals surface area contributed by atoms with Crippen molar-refractivity contribution >= 4 is 23.4 Å². The molecule has 1 aliphatic rings. The summed E-state index contributed by atoms with van der Waals surface area (Å²) in [6.07, 6.45) is 5.94. The zero-order valence-electron chi connectivity index (χ0n) is 13.5. The van der Waals surface area contributed by atoms with Gasteiger partial charge in [0.1, 0.15) is 5.82 Å². The third kappa shape index (κ3) is 3.84. The number of rotatable bonds is 3. The van der Waals surface area contributed by atoms with Crippen LogP contribution in [0.4, 0.5) is 10.1 Å². The van der Waals surface area contributed by atoms with Crippen molar-refractivity contribution in [3.63, 3.8) is 0 Å². The Morgan fingerprint density at radius 3 is 2.46 bits per heavy atom. The molecular formula is C17H19FN4OS. The standard InChI is InChI=1S/C17H19FN4OS/c1-24-17-19-11-13(12-20-17)16(23)22-8-2-7-21(9-10-22)15-5-3-14(18)4-6-15/h3-6,11-12H,2,7-10H2,1H3. The van der Waals surface area contributed by atoms with E-state index < -0.39 is 0 Å². The van der Waals surface area contributed by atoms with Crippen LogP contribution in [0.3, 0.4) is 0 Å². The van der Waals surface area contributed by atoms with Crippen LogP contribution in [0, 0.1) is 5.82 Å². The molecule has 0 atom stereocenters. The molecule has 1 saturated heterocycles. The van der Waals surface area contributed by atoms with Gasteiger partial charge < -0.3 is 9.80 Å². The normalized spacial score (nSPS) is 15.2. The van der Waals surface area contributed by atoms with E-state index in [0.29, 0.717) is 23.8 Å². The fraction of sp³-hybridized carbons (Fsp3) is 0.353. The molecule has 24 heavy (non-hydrogen) atoms. The van der Waals surface area contributed by atoms with Crippen molar-refractivity contribution in [3.05, 3.63) is 48.0 Å². The fourth-order valence-corrected chi connectivity index (χ4v) is 3.06. The summed E-state index contributed by atoms with van der Waals surface area (Å²) in [4.78, 5) is 25.0. The number of hydrogen-bond acceptors (Lipinski definition) is 5. The molecule has 1 aromatic carbocycles. The van der Waals surface area contributed by atoms with E-state index >= 15 is 0 Å². The van der Waals surface area contributed by atoms with Crippen LogP contribution in [0.5, 0.6) is 0 Å². The molecule has 0 spiro atoms. The van der Waals surface area contributed by atoms with E-state index in [1.165, 1.54) is 23.9 Å². The minimum Gasteiger partial charge on any atom is -0.370 e. The third-order valence-electron chi connectivity index (χ3n) is 4.03. The first kappa shape index (κ1) is 16.7. The number of carbonyl (C=O) groups is 1. The molecule has 0 aliphatic carbocycles. The number of hydrogen-bond donors (Lipinski definition) is 0. The van der Waals surface area contributed by atoms with E-state index in [0.717, 1.165) is 25.2 Å². The van der Waals surface area contributed by atoms with Crippen LogP contribution in [0.25, 0.3) is 0 Å². The van der Waals surface area contributed by atoms with E-state index in [9.17, 15) is 9.18 Å². The van der Waals surface area contributed by atoms with Gasteiger partial charge in [-0.05, 0) is 36.9 Å². The van der Waals surface area contributed by atoms with Crippen LogP contribution >= 0.6 is 11.8 Å². The SMILES string of the molecule is CSc1ncc(C(=O)N2CCCN(c3ccc(F)cc3)CC2)cn1. The number of benzene rings is 1. The number of aromatic nitrogens is 2. The van der Waals surface area contributed by atoms with Gasteiger partial charge >= 0.3 is 0 Å². The van der Waals surface area contributed by atoms with Gasteiger partial charge in [-0.15, -0.1) is 0 Å². The zero-order chi connectivity index (χ0) is 16.9. The first-order valence-electron chi connectivity index (χ1n) is 7.83. The maximum Gasteiger partial charge on any atom is 0.257 e. The molecule has 126 valence electrons. The van der Waals surface area contributed by atoms with Gasteiger partial charge in [0, 0.05) is 44.3 Å². The summed E-state index contributed by atoms with van der Waals surface area (Å²) in [5.41, 5.74) is 1.50. The molecule has 2 heterocycles. The van der Waals surface area contributed by atoms with Gasteiger partial charge in [0.15, 0.2) is 5.16 Å². The molecular weight excluding hydrogens is 327 g/mol. The summed E-state index contributed by atoms with van der Waals surface area (Å²) in [5, 5.41) is 0.657. The second-order valence-electron chi connectivity index (χ2n) is 5.57. The second kappa shape index (κ2) is 7.61. The Hall–Kier alpha value is -2.15. The van der Waals surface area contributed by atoms with Gasteiger partial charge in [-0.2, -0.15) is 0 Å². The summed E-state index contributed by atoms with van der Waals surface area (Å²) in [7, 11) is 0. The number of amides is 1. The molecule has 1 aromatic heterocycles. The highest BCUT2D eigenvalue weighted by Crippen LogP contribution is 2.18. The number of halogens is 1. The largest absolute Gasteiger partial charge is 0.370 e. The molecule has 7 heteroatoms. The lowest BCUT2D eigenvalue weighted by atomic mass is 10.2. The Kier molecular flexibility index (Phi) is 5.30. The molecule has 1 fully saturated rings. The van der Waals surface area contributed by atoms with Crippen molar-refractivity contribution in [1.29, 1.82) is 0 Å². The highest BCUT2D eigenvalue weighted by molar-refractivity contribution is 7.98. The van der Waals surface area contributed by atoms with E-state index in [-0.39, 0.29) is 11.7 Å². The van der Waals surface area contributed by atoms with Crippen molar-refractivity contribution in [1.82, 2.24) is 14.9 Å². The molecule has 0 bridgehead atoms. The second-order valence-corrected chi connectivity index (χ2v) is 6.34. The Bertz CT molecular complexity index is 693. The lowest BCUT2D eigenvalue weighted by Gasteiger charge is -2.23. The molecule has 2 aromatic rings. The Morgan fingerprint density at radius 1 is 1.08 bits per heavy atom. The van der Waals surface area contributed by atoms with Gasteiger partial charge in [-0.3, -0.25) is 4.79 Å². The van der Waals surface area contributed by atoms with Crippen molar-refractivity contribution < 1.29 is 9.18 Å². The Balaban J connectivity index is 1.66. The highest BCUT2D eigenvalue weighted by Gasteiger charge is 2.21. The van der Waals surface area contributed by atoms with Gasteiger partial charge in [0.05, 0.1) is 5.56 Å². The lowest BCUT2D eigenvalue weighted by molar-refractivity contribution is 0.0766. The predicted molar refractivity (Wildman–Crippen MR) is 92.9 cm³/mol. The molecule has 1 amide bonds. The number of thioether (sulfide) groups is 1. The first-order chi connectivity index (χ1) is 11.7. The Labute approximate surface area is 144 Å². The van der Waals surface area contributed by atoms with Crippen LogP contribution in [0.1, 0.15) is 16.8 Å². The van der Waals surface area contributed by atoms with Crippen molar-refractivity contribution in [2.75, 3.05) is 37.3 Å². The quantitative estimate of drug-likeness (QED) is 0.632. The van der Waals surface area contributed by atoms with Crippen LogP contribution < -0.4 is 4.90 Å². The van der Waals surface area contributed by atoms with E-state index in [2.05, 4.69) is 14.9 Å². The molecule has 5 nitrogen and oxygen atoms in total. The topological polar surface area (TPSA) is 49.3 Å². The maximum absolute atomic E-state index is 13.1. The molecule has 3 rings (SSSR count). The first-order valence-corrected chi connectivity index (χ1v) is 9.05. The molecule has 0 unspecified atom stereocenters. The summed E-state index contributed by atoms with van der Waals surface area (Å²) >= 11 is 1.45. The average molecular weight is 346 g/mol. The van der Waals surface area contributed by atoms with Crippen LogP contribution in [-0.2, 0) is 0 Å². The minimum absolute atomic E-state index is 0.0383. The summed E-state index contributed by atoms with van der Waals surface area (Å²) in [6, 6.07) is 6.49. The third-order valence-corrected chi connectivity index (χ3v) is 4.61. The summed E-state index contributed by atoms with van der Waals surface area (Å²) in [5.74, 6) is -0.275. The van der Waals surface area contributed by atoms with Crippen molar-refractivity contribution in [2.45, 2.75) is 11.6 Å². The van der Waals surface area contributed by atoms with E-state index in [1.807, 2.05) is 11.2 Å². The number of nitrogens with zero attached hydrogens (tertiary/aromatic N) is 4. The zero-order valence-corrected chi connectivity index (χ0v) is 14.3. The van der Waals surface area contributed by atoms with Gasteiger partial charge in [-0.25, -0.2) is 14.4 Å². The highest BCUT2D eigenvalue weighted by atomic mass is 32.2. The Morgan fingerprint density at radius 2 is 1.79 bits per heavy atom. The van der Waals surface area contributed by atoms with E-state index in [4.69, 9.17) is 0 Å². The molecule has 0 N–H and O–H groups in total. The van der Waals surface area contributed by atoms with E-state index in [1.54, 1.807) is 24.5 Å². The fourth-order valence-electron chi connectivity index (χ4n) is 2.75. The van der Waals surface area contributed by atoms with Crippen molar-refractivity contribution in [2.24, 2.45) is 0 Å². The van der Waals surface area contributed by atoms with Gasteiger partial charge in [-0.1, -0.05) is 11.8 Å². The van der Waals surface area contributed by atoms with Crippen molar-refractivity contribution in [3.8, 4) is 0 Å². The average Bonchev–Trinajstić information content (AvgIpc) is 2.88. The van der Waals surface area contributed by atoms with Crippen LogP contribution in [0.2, 0.25) is 0 Å². The van der Waals surface area contributed by atoms with Crippen LogP contribution in [-0.4, -0.2) is 53.2 Å². The number of anilines is 1. The molecule has 0 saturated carbocycles. The summed E-state index contributed by atoms with van der Waals surface area (Å²) in [6.45, 7) is 2.89. The smallest absolute Gasteiger partial charge is 0.257 e. The summed E-state index contributed by atoms with van der Waals surface area (Å²) < 4.78 is 13.1. The monoisotopic (exact) mass is 346 g/mol. The molecule has 1 aliphatic heterocycles. The predicted octanol–water partition coefficient (Wildman–Crippen LogP) is 2.69. The number of carbonyl (C=O) groups excluding carboxylic acids is 1. The lowest BCUT2D eigenvalue weighted by Crippen LogP contribution is -2.35. The minimum atomic E-state index is -0.237. The van der Waals surface area contributed by atoms with Gasteiger partial charge in [0.2, 0.25) is 0 Å².